The van der Waals surface area contributed by atoms with Crippen molar-refractivity contribution in [2.75, 3.05) is 6.61 Å². The molecule has 0 saturated heterocycles. The SMILES string of the molecule is CCOc1cc(CC)c(Cl)cc1C(=O)O. The number of hydrogen-bond donors (Lipinski definition) is 1. The van der Waals surface area contributed by atoms with Gasteiger partial charge in [-0.15, -0.1) is 0 Å². The Morgan fingerprint density at radius 3 is 2.60 bits per heavy atom. The third-order valence-corrected chi connectivity index (χ3v) is 2.41. The fourth-order valence-corrected chi connectivity index (χ4v) is 1.61. The van der Waals surface area contributed by atoms with Gasteiger partial charge in [0.2, 0.25) is 0 Å². The summed E-state index contributed by atoms with van der Waals surface area (Å²) >= 11 is 5.93. The molecular formula is C11H13ClO3. The molecule has 1 rings (SSSR count). The number of carboxylic acids is 1. The fourth-order valence-electron chi connectivity index (χ4n) is 1.31. The highest BCUT2D eigenvalue weighted by Crippen LogP contribution is 2.27. The van der Waals surface area contributed by atoms with E-state index in [9.17, 15) is 4.79 Å². The number of hydrogen-bond acceptors (Lipinski definition) is 2. The molecule has 0 aliphatic carbocycles. The first kappa shape index (κ1) is 11.9. The standard InChI is InChI=1S/C11H13ClO3/c1-3-7-5-10(15-4-2)8(11(13)14)6-9(7)12/h5-6H,3-4H2,1-2H3,(H,13,14). The first-order chi connectivity index (χ1) is 7.10. The second-order valence-corrected chi connectivity index (χ2v) is 3.44. The van der Waals surface area contributed by atoms with Gasteiger partial charge in [0.1, 0.15) is 11.3 Å². The van der Waals surface area contributed by atoms with E-state index in [0.29, 0.717) is 17.4 Å². The first-order valence-electron chi connectivity index (χ1n) is 4.78. The molecule has 0 fully saturated rings. The van der Waals surface area contributed by atoms with E-state index in [1.54, 1.807) is 6.07 Å². The van der Waals surface area contributed by atoms with Gasteiger partial charge >= 0.3 is 5.97 Å². The Hall–Kier alpha value is -1.22. The molecule has 3 nitrogen and oxygen atoms in total. The zero-order chi connectivity index (χ0) is 11.4. The van der Waals surface area contributed by atoms with Crippen LogP contribution in [0.4, 0.5) is 0 Å². The minimum Gasteiger partial charge on any atom is -0.493 e. The first-order valence-corrected chi connectivity index (χ1v) is 5.16. The average molecular weight is 229 g/mol. The van der Waals surface area contributed by atoms with Gasteiger partial charge in [-0.05, 0) is 31.0 Å². The molecule has 1 aromatic carbocycles. The van der Waals surface area contributed by atoms with E-state index in [1.165, 1.54) is 6.07 Å². The molecule has 15 heavy (non-hydrogen) atoms. The molecule has 0 aliphatic rings. The monoisotopic (exact) mass is 228 g/mol. The Labute approximate surface area is 93.6 Å². The molecule has 0 bridgehead atoms. The Bertz CT molecular complexity index is 374. The molecule has 1 N–H and O–H groups in total. The lowest BCUT2D eigenvalue weighted by Gasteiger charge is -2.10. The zero-order valence-corrected chi connectivity index (χ0v) is 9.47. The predicted molar refractivity (Wildman–Crippen MR) is 59.0 cm³/mol. The predicted octanol–water partition coefficient (Wildman–Crippen LogP) is 3.00. The summed E-state index contributed by atoms with van der Waals surface area (Å²) < 4.78 is 5.26. The second-order valence-electron chi connectivity index (χ2n) is 3.03. The number of ether oxygens (including phenoxy) is 1. The summed E-state index contributed by atoms with van der Waals surface area (Å²) in [6.45, 7) is 4.20. The van der Waals surface area contributed by atoms with Gasteiger partial charge < -0.3 is 9.84 Å². The van der Waals surface area contributed by atoms with Crippen LogP contribution in [0.2, 0.25) is 5.02 Å². The van der Waals surface area contributed by atoms with E-state index in [4.69, 9.17) is 21.4 Å². The Morgan fingerprint density at radius 2 is 2.13 bits per heavy atom. The summed E-state index contributed by atoms with van der Waals surface area (Å²) in [6, 6.07) is 3.13. The van der Waals surface area contributed by atoms with Gasteiger partial charge in [-0.25, -0.2) is 4.79 Å². The number of benzene rings is 1. The normalized spacial score (nSPS) is 10.1. The number of halogens is 1. The summed E-state index contributed by atoms with van der Waals surface area (Å²) in [7, 11) is 0. The molecule has 0 atom stereocenters. The third kappa shape index (κ3) is 2.63. The van der Waals surface area contributed by atoms with Gasteiger partial charge in [0.25, 0.3) is 0 Å². The molecule has 0 radical (unpaired) electrons. The van der Waals surface area contributed by atoms with Crippen molar-refractivity contribution in [2.24, 2.45) is 0 Å². The molecule has 0 unspecified atom stereocenters. The number of aromatic carboxylic acids is 1. The Balaban J connectivity index is 3.25. The molecule has 4 heteroatoms. The molecule has 0 spiro atoms. The topological polar surface area (TPSA) is 46.5 Å². The van der Waals surface area contributed by atoms with E-state index in [1.807, 2.05) is 13.8 Å². The number of aryl methyl sites for hydroxylation is 1. The fraction of sp³-hybridized carbons (Fsp3) is 0.364. The summed E-state index contributed by atoms with van der Waals surface area (Å²) in [5, 5.41) is 9.41. The average Bonchev–Trinajstić information content (AvgIpc) is 2.20. The minimum atomic E-state index is -1.02. The van der Waals surface area contributed by atoms with Crippen LogP contribution in [0, 0.1) is 0 Å². The highest BCUT2D eigenvalue weighted by atomic mass is 35.5. The summed E-state index contributed by atoms with van der Waals surface area (Å²) in [6.07, 6.45) is 0.749. The van der Waals surface area contributed by atoms with Crippen molar-refractivity contribution >= 4 is 17.6 Å². The summed E-state index contributed by atoms with van der Waals surface area (Å²) in [5.74, 6) is -0.644. The molecule has 0 aromatic heterocycles. The van der Waals surface area contributed by atoms with Crippen LogP contribution in [0.25, 0.3) is 0 Å². The smallest absolute Gasteiger partial charge is 0.339 e. The maximum atomic E-state index is 10.9. The van der Waals surface area contributed by atoms with Crippen molar-refractivity contribution < 1.29 is 14.6 Å². The minimum absolute atomic E-state index is 0.110. The van der Waals surface area contributed by atoms with Crippen molar-refractivity contribution in [1.82, 2.24) is 0 Å². The van der Waals surface area contributed by atoms with E-state index in [0.717, 1.165) is 12.0 Å². The van der Waals surface area contributed by atoms with Crippen LogP contribution in [0.3, 0.4) is 0 Å². The van der Waals surface area contributed by atoms with Crippen LogP contribution in [0.5, 0.6) is 5.75 Å². The zero-order valence-electron chi connectivity index (χ0n) is 8.71. The van der Waals surface area contributed by atoms with Crippen LogP contribution < -0.4 is 4.74 Å². The highest BCUT2D eigenvalue weighted by Gasteiger charge is 2.14. The van der Waals surface area contributed by atoms with Crippen molar-refractivity contribution in [3.05, 3.63) is 28.3 Å². The Kier molecular flexibility index (Phi) is 3.97. The van der Waals surface area contributed by atoms with Gasteiger partial charge in [-0.3, -0.25) is 0 Å². The van der Waals surface area contributed by atoms with Gasteiger partial charge in [-0.1, -0.05) is 18.5 Å². The van der Waals surface area contributed by atoms with Crippen LogP contribution in [0.15, 0.2) is 12.1 Å². The van der Waals surface area contributed by atoms with E-state index < -0.39 is 5.97 Å². The number of carboxylic acid groups (broad SMARTS) is 1. The second kappa shape index (κ2) is 5.03. The molecule has 82 valence electrons. The van der Waals surface area contributed by atoms with Crippen molar-refractivity contribution in [1.29, 1.82) is 0 Å². The molecule has 0 heterocycles. The molecule has 0 aliphatic heterocycles. The maximum absolute atomic E-state index is 10.9. The van der Waals surface area contributed by atoms with Gasteiger partial charge in [0.05, 0.1) is 6.61 Å². The highest BCUT2D eigenvalue weighted by molar-refractivity contribution is 6.31. The summed E-state index contributed by atoms with van der Waals surface area (Å²) in [5.41, 5.74) is 1.00. The number of carbonyl (C=O) groups is 1. The maximum Gasteiger partial charge on any atom is 0.339 e. The van der Waals surface area contributed by atoms with Crippen molar-refractivity contribution in [3.8, 4) is 5.75 Å². The van der Waals surface area contributed by atoms with Crippen LogP contribution >= 0.6 is 11.6 Å². The molecule has 0 saturated carbocycles. The van der Waals surface area contributed by atoms with E-state index in [2.05, 4.69) is 0 Å². The van der Waals surface area contributed by atoms with Crippen LogP contribution in [0.1, 0.15) is 29.8 Å². The van der Waals surface area contributed by atoms with E-state index >= 15 is 0 Å². The van der Waals surface area contributed by atoms with E-state index in [-0.39, 0.29) is 5.56 Å². The quantitative estimate of drug-likeness (QED) is 0.862. The lowest BCUT2D eigenvalue weighted by atomic mass is 10.1. The van der Waals surface area contributed by atoms with Gasteiger partial charge in [-0.2, -0.15) is 0 Å². The number of rotatable bonds is 4. The summed E-state index contributed by atoms with van der Waals surface area (Å²) in [4.78, 5) is 10.9. The van der Waals surface area contributed by atoms with Gasteiger partial charge in [0.15, 0.2) is 0 Å². The van der Waals surface area contributed by atoms with Crippen LogP contribution in [-0.4, -0.2) is 17.7 Å². The Morgan fingerprint density at radius 1 is 1.47 bits per heavy atom. The lowest BCUT2D eigenvalue weighted by Crippen LogP contribution is -2.04. The molecular weight excluding hydrogens is 216 g/mol. The van der Waals surface area contributed by atoms with Crippen molar-refractivity contribution in [2.45, 2.75) is 20.3 Å². The van der Waals surface area contributed by atoms with Crippen LogP contribution in [-0.2, 0) is 6.42 Å². The largest absolute Gasteiger partial charge is 0.493 e. The van der Waals surface area contributed by atoms with Crippen molar-refractivity contribution in [3.63, 3.8) is 0 Å². The molecule has 1 aromatic rings. The third-order valence-electron chi connectivity index (χ3n) is 2.06. The lowest BCUT2D eigenvalue weighted by molar-refractivity contribution is 0.0692. The van der Waals surface area contributed by atoms with Gasteiger partial charge in [0, 0.05) is 5.02 Å². The molecule has 0 amide bonds.